The quantitative estimate of drug-likeness (QED) is 0.323. The molecule has 1 saturated carbocycles. The van der Waals surface area contributed by atoms with Gasteiger partial charge in [0.1, 0.15) is 23.6 Å². The summed E-state index contributed by atoms with van der Waals surface area (Å²) in [6, 6.07) is 8.77. The van der Waals surface area contributed by atoms with Gasteiger partial charge in [-0.2, -0.15) is 16.9 Å². The van der Waals surface area contributed by atoms with Crippen LogP contribution in [0.25, 0.3) is 33.6 Å². The maximum absolute atomic E-state index is 13.5. The molecule has 0 bridgehead atoms. The number of fused-ring (bicyclic) bond motifs is 1. The first-order valence-electron chi connectivity index (χ1n) is 11.2. The lowest BCUT2D eigenvalue weighted by Crippen LogP contribution is -2.28. The third-order valence-electron chi connectivity index (χ3n) is 5.33. The average molecular weight is 455 g/mol. The van der Waals surface area contributed by atoms with Crippen LogP contribution in [0.2, 0.25) is 0 Å². The van der Waals surface area contributed by atoms with E-state index in [1.807, 2.05) is 57.1 Å². The van der Waals surface area contributed by atoms with Crippen molar-refractivity contribution >= 4 is 22.9 Å². The molecule has 0 atom stereocenters. The molecule has 0 saturated heterocycles. The SMILES string of the molecule is CC.CC.CSC1CC(n2cc(-c3ncnc4oc(C)cc34)c(-c3ccc(F)cc3)n2)C1. The van der Waals surface area contributed by atoms with Gasteiger partial charge in [0.25, 0.3) is 0 Å². The molecule has 5 rings (SSSR count). The fourth-order valence-electron chi connectivity index (χ4n) is 3.71. The van der Waals surface area contributed by atoms with E-state index in [-0.39, 0.29) is 5.82 Å². The molecular formula is C25H31FN4OS. The van der Waals surface area contributed by atoms with Crippen LogP contribution in [-0.2, 0) is 0 Å². The molecule has 4 aromatic rings. The van der Waals surface area contributed by atoms with E-state index in [1.54, 1.807) is 12.1 Å². The highest BCUT2D eigenvalue weighted by molar-refractivity contribution is 7.99. The van der Waals surface area contributed by atoms with Crippen molar-refractivity contribution in [1.82, 2.24) is 19.7 Å². The zero-order chi connectivity index (χ0) is 23.3. The van der Waals surface area contributed by atoms with Gasteiger partial charge in [-0.1, -0.05) is 27.7 Å². The molecule has 0 aliphatic heterocycles. The highest BCUT2D eigenvalue weighted by Gasteiger charge is 2.31. The van der Waals surface area contributed by atoms with Gasteiger partial charge in [0.2, 0.25) is 5.71 Å². The number of nitrogens with zero attached hydrogens (tertiary/aromatic N) is 4. The summed E-state index contributed by atoms with van der Waals surface area (Å²) in [7, 11) is 0. The third kappa shape index (κ3) is 4.72. The van der Waals surface area contributed by atoms with Crippen LogP contribution in [-0.4, -0.2) is 31.3 Å². The predicted molar refractivity (Wildman–Crippen MR) is 131 cm³/mol. The van der Waals surface area contributed by atoms with E-state index in [0.717, 1.165) is 46.5 Å². The Kier molecular flexibility index (Phi) is 8.07. The van der Waals surface area contributed by atoms with E-state index in [2.05, 4.69) is 22.4 Å². The summed E-state index contributed by atoms with van der Waals surface area (Å²) in [5, 5.41) is 6.43. The van der Waals surface area contributed by atoms with Gasteiger partial charge in [0.15, 0.2) is 0 Å². The molecule has 0 unspecified atom stereocenters. The predicted octanol–water partition coefficient (Wildman–Crippen LogP) is 7.32. The van der Waals surface area contributed by atoms with Gasteiger partial charge in [-0.05, 0) is 56.4 Å². The lowest BCUT2D eigenvalue weighted by molar-refractivity contribution is 0.301. The lowest BCUT2D eigenvalue weighted by Gasteiger charge is -2.34. The van der Waals surface area contributed by atoms with E-state index in [0.29, 0.717) is 17.0 Å². The minimum absolute atomic E-state index is 0.263. The number of rotatable bonds is 4. The molecule has 1 aliphatic rings. The van der Waals surface area contributed by atoms with Crippen LogP contribution in [0.5, 0.6) is 0 Å². The van der Waals surface area contributed by atoms with Gasteiger partial charge < -0.3 is 4.42 Å². The van der Waals surface area contributed by atoms with Gasteiger partial charge in [0, 0.05) is 22.6 Å². The molecule has 0 amide bonds. The number of aromatic nitrogens is 4. The standard InChI is InChI=1S/C21H19FN4OS.2C2H6/c1-12-7-17-20(23-11-24-21(17)27-12)18-10-26(15-8-16(9-15)28-2)25-19(18)13-3-5-14(22)6-4-13;2*1-2/h3-7,10-11,15-16H,8-9H2,1-2H3;2*1-2H3. The largest absolute Gasteiger partial charge is 0.443 e. The van der Waals surface area contributed by atoms with E-state index >= 15 is 0 Å². The number of aryl methyl sites for hydroxylation is 1. The maximum atomic E-state index is 13.5. The second kappa shape index (κ2) is 10.8. The first-order valence-corrected chi connectivity index (χ1v) is 12.5. The topological polar surface area (TPSA) is 56.7 Å². The molecule has 1 fully saturated rings. The molecule has 0 spiro atoms. The molecule has 1 aromatic carbocycles. The van der Waals surface area contributed by atoms with Crippen LogP contribution in [0.15, 0.2) is 47.3 Å². The van der Waals surface area contributed by atoms with Crippen molar-refractivity contribution in [2.24, 2.45) is 0 Å². The van der Waals surface area contributed by atoms with Crippen molar-refractivity contribution in [1.29, 1.82) is 0 Å². The van der Waals surface area contributed by atoms with Gasteiger partial charge in [-0.25, -0.2) is 14.4 Å². The Labute approximate surface area is 193 Å². The Hall–Kier alpha value is -2.67. The second-order valence-electron chi connectivity index (χ2n) is 7.16. The van der Waals surface area contributed by atoms with Crippen molar-refractivity contribution < 1.29 is 8.81 Å². The Morgan fingerprint density at radius 1 is 1.03 bits per heavy atom. The molecule has 0 radical (unpaired) electrons. The summed E-state index contributed by atoms with van der Waals surface area (Å²) in [5.74, 6) is 0.524. The fraction of sp³-hybridized carbons (Fsp3) is 0.400. The number of hydrogen-bond donors (Lipinski definition) is 0. The van der Waals surface area contributed by atoms with Gasteiger partial charge in [0.05, 0.1) is 17.1 Å². The average Bonchev–Trinajstić information content (AvgIpc) is 3.39. The van der Waals surface area contributed by atoms with Crippen molar-refractivity contribution in [2.45, 2.75) is 58.8 Å². The zero-order valence-corrected chi connectivity index (χ0v) is 20.4. The van der Waals surface area contributed by atoms with Crippen LogP contribution in [0, 0.1) is 12.7 Å². The Morgan fingerprint density at radius 2 is 1.72 bits per heavy atom. The maximum Gasteiger partial charge on any atom is 0.229 e. The third-order valence-corrected chi connectivity index (χ3v) is 6.39. The minimum Gasteiger partial charge on any atom is -0.443 e. The van der Waals surface area contributed by atoms with Crippen molar-refractivity contribution in [3.8, 4) is 22.5 Å². The first-order chi connectivity index (χ1) is 15.6. The number of furan rings is 1. The Balaban J connectivity index is 0.000000686. The van der Waals surface area contributed by atoms with E-state index in [4.69, 9.17) is 9.52 Å². The van der Waals surface area contributed by atoms with Crippen molar-refractivity contribution in [3.63, 3.8) is 0 Å². The van der Waals surface area contributed by atoms with Crippen molar-refractivity contribution in [3.05, 3.63) is 54.4 Å². The highest BCUT2D eigenvalue weighted by atomic mass is 32.2. The van der Waals surface area contributed by atoms with E-state index < -0.39 is 0 Å². The molecular weight excluding hydrogens is 423 g/mol. The Morgan fingerprint density at radius 3 is 2.38 bits per heavy atom. The molecule has 7 heteroatoms. The monoisotopic (exact) mass is 454 g/mol. The fourth-order valence-corrected chi connectivity index (χ4v) is 4.54. The zero-order valence-electron chi connectivity index (χ0n) is 19.6. The summed E-state index contributed by atoms with van der Waals surface area (Å²) in [6.07, 6.45) is 7.94. The second-order valence-corrected chi connectivity index (χ2v) is 8.30. The van der Waals surface area contributed by atoms with Gasteiger partial charge in [-0.3, -0.25) is 4.68 Å². The highest BCUT2D eigenvalue weighted by Crippen LogP contribution is 2.42. The van der Waals surface area contributed by atoms with Crippen LogP contribution in [0.4, 0.5) is 4.39 Å². The van der Waals surface area contributed by atoms with Crippen LogP contribution < -0.4 is 0 Å². The molecule has 3 heterocycles. The molecule has 170 valence electrons. The normalized spacial score (nSPS) is 17.1. The number of hydrogen-bond acceptors (Lipinski definition) is 5. The molecule has 1 aliphatic carbocycles. The van der Waals surface area contributed by atoms with Gasteiger partial charge >= 0.3 is 0 Å². The van der Waals surface area contributed by atoms with E-state index in [9.17, 15) is 4.39 Å². The van der Waals surface area contributed by atoms with Crippen LogP contribution in [0.1, 0.15) is 52.3 Å². The Bertz CT molecular complexity index is 1150. The molecule has 3 aromatic heterocycles. The smallest absolute Gasteiger partial charge is 0.229 e. The number of thioether (sulfide) groups is 1. The van der Waals surface area contributed by atoms with Gasteiger partial charge in [-0.15, -0.1) is 0 Å². The lowest BCUT2D eigenvalue weighted by atomic mass is 9.92. The summed E-state index contributed by atoms with van der Waals surface area (Å²) in [5.41, 5.74) is 3.92. The van der Waals surface area contributed by atoms with Crippen molar-refractivity contribution in [2.75, 3.05) is 6.26 Å². The minimum atomic E-state index is -0.263. The van der Waals surface area contributed by atoms with Crippen LogP contribution in [0.3, 0.4) is 0 Å². The number of halogens is 1. The summed E-state index contributed by atoms with van der Waals surface area (Å²) in [6.45, 7) is 9.90. The summed E-state index contributed by atoms with van der Waals surface area (Å²) in [4.78, 5) is 8.77. The summed E-state index contributed by atoms with van der Waals surface area (Å²) < 4.78 is 21.2. The first kappa shape index (κ1) is 24.0. The molecule has 0 N–H and O–H groups in total. The number of benzene rings is 1. The molecule has 32 heavy (non-hydrogen) atoms. The molecule has 5 nitrogen and oxygen atoms in total. The van der Waals surface area contributed by atoms with E-state index in [1.165, 1.54) is 18.5 Å². The summed E-state index contributed by atoms with van der Waals surface area (Å²) >= 11 is 1.90. The van der Waals surface area contributed by atoms with Crippen LogP contribution >= 0.6 is 11.8 Å².